The molecule has 0 amide bonds. The Hall–Kier alpha value is -0.740. The van der Waals surface area contributed by atoms with Crippen molar-refractivity contribution in [3.05, 3.63) is 21.7 Å². The molecule has 1 aliphatic carbocycles. The van der Waals surface area contributed by atoms with Gasteiger partial charge in [-0.2, -0.15) is 0 Å². The minimum absolute atomic E-state index is 0.109. The first-order valence-electron chi connectivity index (χ1n) is 4.46. The molecule has 0 spiro atoms. The Morgan fingerprint density at radius 2 is 2.00 bits per heavy atom. The number of hydrogen-bond donors (Lipinski definition) is 3. The number of halogens is 1. The zero-order chi connectivity index (χ0) is 10.5. The number of rotatable bonds is 1. The summed E-state index contributed by atoms with van der Waals surface area (Å²) in [6, 6.07) is 1.54. The van der Waals surface area contributed by atoms with Crippen molar-refractivity contribution in [2.24, 2.45) is 5.73 Å². The molecule has 0 saturated heterocycles. The van der Waals surface area contributed by atoms with Crippen molar-refractivity contribution in [3.8, 4) is 11.5 Å². The van der Waals surface area contributed by atoms with Gasteiger partial charge in [-0.1, -0.05) is 0 Å². The van der Waals surface area contributed by atoms with E-state index in [-0.39, 0.29) is 17.0 Å². The van der Waals surface area contributed by atoms with Gasteiger partial charge in [0.05, 0.1) is 4.47 Å². The van der Waals surface area contributed by atoms with Crippen molar-refractivity contribution in [2.75, 3.05) is 0 Å². The lowest BCUT2D eigenvalue weighted by Gasteiger charge is -2.16. The molecule has 0 heterocycles. The van der Waals surface area contributed by atoms with Crippen LogP contribution >= 0.6 is 15.9 Å². The number of nitrogens with two attached hydrogens (primary N) is 1. The molecule has 1 fully saturated rings. The van der Waals surface area contributed by atoms with Crippen LogP contribution in [0.5, 0.6) is 11.5 Å². The number of benzene rings is 1. The summed E-state index contributed by atoms with van der Waals surface area (Å²) in [5.74, 6) is -0.232. The highest BCUT2D eigenvalue weighted by Crippen LogP contribution is 2.51. The first-order chi connectivity index (χ1) is 6.46. The second-order valence-corrected chi connectivity index (χ2v) is 4.70. The van der Waals surface area contributed by atoms with Crippen LogP contribution in [0.25, 0.3) is 0 Å². The molecule has 3 nitrogen and oxygen atoms in total. The fraction of sp³-hybridized carbons (Fsp3) is 0.400. The molecule has 76 valence electrons. The van der Waals surface area contributed by atoms with E-state index in [1.165, 1.54) is 0 Å². The Kier molecular flexibility index (Phi) is 2.01. The Bertz CT molecular complexity index is 400. The molecule has 1 aliphatic rings. The largest absolute Gasteiger partial charge is 0.504 e. The fourth-order valence-corrected chi connectivity index (χ4v) is 2.66. The molecule has 2 rings (SSSR count). The van der Waals surface area contributed by atoms with E-state index in [9.17, 15) is 10.2 Å². The number of aromatic hydroxyl groups is 2. The van der Waals surface area contributed by atoms with Crippen LogP contribution in [-0.4, -0.2) is 10.2 Å². The summed E-state index contributed by atoms with van der Waals surface area (Å²) in [4.78, 5) is 0. The third kappa shape index (κ3) is 1.29. The van der Waals surface area contributed by atoms with E-state index >= 15 is 0 Å². The number of aryl methyl sites for hydroxylation is 1. The monoisotopic (exact) mass is 257 g/mol. The molecule has 0 unspecified atom stereocenters. The zero-order valence-corrected chi connectivity index (χ0v) is 9.43. The summed E-state index contributed by atoms with van der Waals surface area (Å²) >= 11 is 3.27. The summed E-state index contributed by atoms with van der Waals surface area (Å²) in [6.45, 7) is 1.88. The minimum Gasteiger partial charge on any atom is -0.504 e. The first kappa shape index (κ1) is 9.80. The van der Waals surface area contributed by atoms with Crippen LogP contribution in [-0.2, 0) is 5.54 Å². The average molecular weight is 258 g/mol. The molecule has 0 aliphatic heterocycles. The normalized spacial score (nSPS) is 18.2. The summed E-state index contributed by atoms with van der Waals surface area (Å²) in [6.07, 6.45) is 1.85. The predicted molar refractivity (Wildman–Crippen MR) is 57.3 cm³/mol. The second kappa shape index (κ2) is 2.87. The lowest BCUT2D eigenvalue weighted by Crippen LogP contribution is -2.20. The van der Waals surface area contributed by atoms with Crippen molar-refractivity contribution in [2.45, 2.75) is 25.3 Å². The van der Waals surface area contributed by atoms with E-state index in [0.29, 0.717) is 4.47 Å². The van der Waals surface area contributed by atoms with Gasteiger partial charge in [0.25, 0.3) is 0 Å². The van der Waals surface area contributed by atoms with Crippen molar-refractivity contribution in [1.29, 1.82) is 0 Å². The van der Waals surface area contributed by atoms with E-state index in [4.69, 9.17) is 5.73 Å². The molecule has 0 bridgehead atoms. The lowest BCUT2D eigenvalue weighted by molar-refractivity contribution is 0.399. The van der Waals surface area contributed by atoms with E-state index in [1.54, 1.807) is 6.07 Å². The topological polar surface area (TPSA) is 66.5 Å². The number of phenolic OH excluding ortho intramolecular Hbond substituents is 2. The molecule has 0 atom stereocenters. The predicted octanol–water partition coefficient (Wildman–Crippen LogP) is 2.12. The average Bonchev–Trinajstić information content (AvgIpc) is 2.80. The van der Waals surface area contributed by atoms with Crippen LogP contribution in [0.4, 0.5) is 0 Å². The minimum atomic E-state index is -0.311. The van der Waals surface area contributed by atoms with Crippen LogP contribution in [0.15, 0.2) is 10.5 Å². The molecule has 4 N–H and O–H groups in total. The number of phenols is 2. The quantitative estimate of drug-likeness (QED) is 0.676. The molecule has 1 aromatic carbocycles. The Morgan fingerprint density at radius 1 is 1.43 bits per heavy atom. The van der Waals surface area contributed by atoms with Gasteiger partial charge in [0.15, 0.2) is 11.5 Å². The first-order valence-corrected chi connectivity index (χ1v) is 5.25. The van der Waals surface area contributed by atoms with Gasteiger partial charge in [0, 0.05) is 5.54 Å². The molecule has 4 heteroatoms. The maximum atomic E-state index is 9.55. The summed E-state index contributed by atoms with van der Waals surface area (Å²) in [5, 5.41) is 18.9. The third-order valence-electron chi connectivity index (χ3n) is 2.70. The molecule has 14 heavy (non-hydrogen) atoms. The lowest BCUT2D eigenvalue weighted by atomic mass is 9.99. The fourth-order valence-electron chi connectivity index (χ4n) is 1.75. The van der Waals surface area contributed by atoms with Gasteiger partial charge in [0.2, 0.25) is 0 Å². The second-order valence-electron chi connectivity index (χ2n) is 3.91. The molecule has 1 aromatic rings. The van der Waals surface area contributed by atoms with Crippen LogP contribution in [0.3, 0.4) is 0 Å². The van der Waals surface area contributed by atoms with Gasteiger partial charge < -0.3 is 15.9 Å². The van der Waals surface area contributed by atoms with E-state index in [0.717, 1.165) is 24.0 Å². The molecule has 0 aromatic heterocycles. The van der Waals surface area contributed by atoms with Crippen molar-refractivity contribution in [3.63, 3.8) is 0 Å². The summed E-state index contributed by atoms with van der Waals surface area (Å²) < 4.78 is 0.523. The van der Waals surface area contributed by atoms with Crippen LogP contribution in [0.2, 0.25) is 0 Å². The molecular formula is C10H12BrNO2. The van der Waals surface area contributed by atoms with Gasteiger partial charge in [-0.25, -0.2) is 0 Å². The maximum absolute atomic E-state index is 9.55. The molecule has 0 radical (unpaired) electrons. The number of hydrogen-bond acceptors (Lipinski definition) is 3. The summed E-state index contributed by atoms with van der Waals surface area (Å²) in [5.41, 5.74) is 7.57. The van der Waals surface area contributed by atoms with E-state index < -0.39 is 0 Å². The van der Waals surface area contributed by atoms with Crippen LogP contribution in [0, 0.1) is 6.92 Å². The summed E-state index contributed by atoms with van der Waals surface area (Å²) in [7, 11) is 0. The molecule has 1 saturated carbocycles. The SMILES string of the molecule is Cc1cc(O)c(O)c(Br)c1C1(N)CC1. The Morgan fingerprint density at radius 3 is 2.50 bits per heavy atom. The highest BCUT2D eigenvalue weighted by molar-refractivity contribution is 9.10. The van der Waals surface area contributed by atoms with Crippen molar-refractivity contribution >= 4 is 15.9 Å². The Balaban J connectivity index is 2.65. The van der Waals surface area contributed by atoms with E-state index in [1.807, 2.05) is 6.92 Å². The maximum Gasteiger partial charge on any atom is 0.172 e. The highest BCUT2D eigenvalue weighted by Gasteiger charge is 2.43. The van der Waals surface area contributed by atoms with Gasteiger partial charge >= 0.3 is 0 Å². The molecular weight excluding hydrogens is 246 g/mol. The van der Waals surface area contributed by atoms with Gasteiger partial charge in [-0.15, -0.1) is 0 Å². The Labute approximate surface area is 90.7 Å². The van der Waals surface area contributed by atoms with E-state index in [2.05, 4.69) is 15.9 Å². The van der Waals surface area contributed by atoms with Crippen LogP contribution < -0.4 is 5.73 Å². The third-order valence-corrected chi connectivity index (χ3v) is 3.48. The van der Waals surface area contributed by atoms with Gasteiger partial charge in [-0.3, -0.25) is 0 Å². The zero-order valence-electron chi connectivity index (χ0n) is 7.84. The van der Waals surface area contributed by atoms with Gasteiger partial charge in [0.1, 0.15) is 0 Å². The van der Waals surface area contributed by atoms with Crippen LogP contribution in [0.1, 0.15) is 24.0 Å². The smallest absolute Gasteiger partial charge is 0.172 e. The van der Waals surface area contributed by atoms with Crippen molar-refractivity contribution < 1.29 is 10.2 Å². The highest BCUT2D eigenvalue weighted by atomic mass is 79.9. The van der Waals surface area contributed by atoms with Gasteiger partial charge in [-0.05, 0) is 52.9 Å². The van der Waals surface area contributed by atoms with Crippen molar-refractivity contribution in [1.82, 2.24) is 0 Å². The standard InChI is InChI=1S/C10H12BrNO2/c1-5-4-6(13)9(14)8(11)7(5)10(12)2-3-10/h4,13-14H,2-3,12H2,1H3.